The number of hydrogen-bond donors (Lipinski definition) is 1. The first-order valence-corrected chi connectivity index (χ1v) is 4.33. The maximum atomic E-state index is 5.91. The van der Waals surface area contributed by atoms with Crippen LogP contribution in [-0.2, 0) is 6.42 Å². The fraction of sp³-hybridized carbons (Fsp3) is 0.273. The molecular formula is C11H13N. The molecule has 0 atom stereocenters. The molecule has 2 rings (SSSR count). The van der Waals surface area contributed by atoms with Crippen molar-refractivity contribution < 1.29 is 0 Å². The van der Waals surface area contributed by atoms with Gasteiger partial charge in [0.15, 0.2) is 0 Å². The molecule has 0 saturated carbocycles. The van der Waals surface area contributed by atoms with Crippen molar-refractivity contribution >= 4 is 5.70 Å². The summed E-state index contributed by atoms with van der Waals surface area (Å²) in [4.78, 5) is 0. The normalized spacial score (nSPS) is 15.2. The molecule has 1 aliphatic carbocycles. The highest BCUT2D eigenvalue weighted by atomic mass is 14.6. The minimum Gasteiger partial charge on any atom is -0.398 e. The van der Waals surface area contributed by atoms with Gasteiger partial charge in [-0.3, -0.25) is 0 Å². The summed E-state index contributed by atoms with van der Waals surface area (Å²) in [5.74, 6) is 0. The topological polar surface area (TPSA) is 26.0 Å². The van der Waals surface area contributed by atoms with Crippen LogP contribution in [-0.4, -0.2) is 0 Å². The molecule has 0 fully saturated rings. The average molecular weight is 159 g/mol. The number of allylic oxidation sites excluding steroid dienone is 1. The van der Waals surface area contributed by atoms with Gasteiger partial charge in [-0.05, 0) is 30.9 Å². The molecule has 62 valence electrons. The standard InChI is InChI=1S/C11H13N/c1-8-4-2-5-9-6-3-7-10(12)11(8)9/h2,4-5,7H,3,6,12H2,1H3. The van der Waals surface area contributed by atoms with Crippen molar-refractivity contribution in [1.29, 1.82) is 0 Å². The van der Waals surface area contributed by atoms with Crippen molar-refractivity contribution in [2.24, 2.45) is 5.73 Å². The van der Waals surface area contributed by atoms with E-state index in [0.717, 1.165) is 18.5 Å². The third kappa shape index (κ3) is 1.02. The van der Waals surface area contributed by atoms with Gasteiger partial charge in [0, 0.05) is 11.3 Å². The second-order valence-electron chi connectivity index (χ2n) is 3.31. The Balaban J connectivity index is 2.64. The molecule has 2 N–H and O–H groups in total. The highest BCUT2D eigenvalue weighted by molar-refractivity contribution is 5.70. The Morgan fingerprint density at radius 1 is 1.33 bits per heavy atom. The second-order valence-corrected chi connectivity index (χ2v) is 3.31. The zero-order valence-electron chi connectivity index (χ0n) is 7.30. The second kappa shape index (κ2) is 2.67. The third-order valence-corrected chi connectivity index (χ3v) is 2.43. The first-order chi connectivity index (χ1) is 5.79. The van der Waals surface area contributed by atoms with Gasteiger partial charge in [-0.2, -0.15) is 0 Å². The quantitative estimate of drug-likeness (QED) is 0.617. The summed E-state index contributed by atoms with van der Waals surface area (Å²) in [6, 6.07) is 6.39. The van der Waals surface area contributed by atoms with Crippen LogP contribution in [0.5, 0.6) is 0 Å². The smallest absolute Gasteiger partial charge is 0.0352 e. The van der Waals surface area contributed by atoms with E-state index in [1.54, 1.807) is 0 Å². The number of hydrogen-bond acceptors (Lipinski definition) is 1. The maximum Gasteiger partial charge on any atom is 0.0352 e. The lowest BCUT2D eigenvalue weighted by Gasteiger charge is -2.16. The molecule has 0 amide bonds. The maximum absolute atomic E-state index is 5.91. The summed E-state index contributed by atoms with van der Waals surface area (Å²) in [6.45, 7) is 2.12. The minimum absolute atomic E-state index is 0.953. The van der Waals surface area contributed by atoms with Crippen LogP contribution in [0, 0.1) is 6.92 Å². The van der Waals surface area contributed by atoms with Crippen LogP contribution < -0.4 is 5.73 Å². The molecule has 0 radical (unpaired) electrons. The number of fused-ring (bicyclic) bond motifs is 1. The number of nitrogens with two attached hydrogens (primary N) is 1. The van der Waals surface area contributed by atoms with Gasteiger partial charge in [0.2, 0.25) is 0 Å². The molecule has 12 heavy (non-hydrogen) atoms. The van der Waals surface area contributed by atoms with Crippen LogP contribution in [0.3, 0.4) is 0 Å². The zero-order chi connectivity index (χ0) is 8.55. The van der Waals surface area contributed by atoms with E-state index in [2.05, 4.69) is 31.2 Å². The van der Waals surface area contributed by atoms with E-state index in [1.807, 2.05) is 0 Å². The molecule has 0 aromatic heterocycles. The van der Waals surface area contributed by atoms with Gasteiger partial charge in [-0.1, -0.05) is 24.3 Å². The lowest BCUT2D eigenvalue weighted by Crippen LogP contribution is -2.07. The van der Waals surface area contributed by atoms with Crippen LogP contribution in [0.25, 0.3) is 5.70 Å². The summed E-state index contributed by atoms with van der Waals surface area (Å²) in [5.41, 5.74) is 10.8. The molecule has 1 nitrogen and oxygen atoms in total. The van der Waals surface area contributed by atoms with E-state index < -0.39 is 0 Å². The lowest BCUT2D eigenvalue weighted by atomic mass is 9.92. The van der Waals surface area contributed by atoms with Gasteiger partial charge in [-0.25, -0.2) is 0 Å². The van der Waals surface area contributed by atoms with Crippen LogP contribution >= 0.6 is 0 Å². The Bertz CT molecular complexity index is 337. The molecule has 0 unspecified atom stereocenters. The number of aryl methyl sites for hydroxylation is 2. The van der Waals surface area contributed by atoms with Gasteiger partial charge < -0.3 is 5.73 Å². The van der Waals surface area contributed by atoms with Crippen LogP contribution in [0.4, 0.5) is 0 Å². The van der Waals surface area contributed by atoms with Crippen molar-refractivity contribution in [2.75, 3.05) is 0 Å². The largest absolute Gasteiger partial charge is 0.398 e. The number of benzene rings is 1. The highest BCUT2D eigenvalue weighted by Gasteiger charge is 2.10. The highest BCUT2D eigenvalue weighted by Crippen LogP contribution is 2.25. The Morgan fingerprint density at radius 2 is 2.17 bits per heavy atom. The predicted octanol–water partition coefficient (Wildman–Crippen LogP) is 2.24. The van der Waals surface area contributed by atoms with Crippen LogP contribution in [0.2, 0.25) is 0 Å². The molecule has 1 aliphatic rings. The van der Waals surface area contributed by atoms with E-state index in [0.29, 0.717) is 0 Å². The lowest BCUT2D eigenvalue weighted by molar-refractivity contribution is 0.967. The van der Waals surface area contributed by atoms with Crippen molar-refractivity contribution in [1.82, 2.24) is 0 Å². The Hall–Kier alpha value is -1.24. The molecule has 1 heteroatoms. The minimum atomic E-state index is 0.953. The third-order valence-electron chi connectivity index (χ3n) is 2.43. The van der Waals surface area contributed by atoms with Gasteiger partial charge in [0.1, 0.15) is 0 Å². The van der Waals surface area contributed by atoms with Gasteiger partial charge in [0.25, 0.3) is 0 Å². The Morgan fingerprint density at radius 3 is 2.92 bits per heavy atom. The SMILES string of the molecule is Cc1cccc2c1C(N)=CCC2. The average Bonchev–Trinajstić information content (AvgIpc) is 2.04. The molecule has 0 spiro atoms. The van der Waals surface area contributed by atoms with Gasteiger partial charge in [-0.15, -0.1) is 0 Å². The summed E-state index contributed by atoms with van der Waals surface area (Å²) >= 11 is 0. The molecule has 0 bridgehead atoms. The van der Waals surface area contributed by atoms with Crippen molar-refractivity contribution in [2.45, 2.75) is 19.8 Å². The molecular weight excluding hydrogens is 146 g/mol. The molecule has 0 heterocycles. The fourth-order valence-electron chi connectivity index (χ4n) is 1.84. The zero-order valence-corrected chi connectivity index (χ0v) is 7.30. The van der Waals surface area contributed by atoms with Crippen LogP contribution in [0.1, 0.15) is 23.1 Å². The summed E-state index contributed by atoms with van der Waals surface area (Å²) in [5, 5.41) is 0. The Kier molecular flexibility index (Phi) is 1.65. The van der Waals surface area contributed by atoms with Crippen molar-refractivity contribution in [3.63, 3.8) is 0 Å². The number of rotatable bonds is 0. The predicted molar refractivity (Wildman–Crippen MR) is 51.7 cm³/mol. The summed E-state index contributed by atoms with van der Waals surface area (Å²) in [6.07, 6.45) is 4.34. The first-order valence-electron chi connectivity index (χ1n) is 4.33. The van der Waals surface area contributed by atoms with Crippen molar-refractivity contribution in [3.05, 3.63) is 41.0 Å². The van der Waals surface area contributed by atoms with Crippen LogP contribution in [0.15, 0.2) is 24.3 Å². The molecule has 0 saturated heterocycles. The van der Waals surface area contributed by atoms with Gasteiger partial charge >= 0.3 is 0 Å². The molecule has 0 aliphatic heterocycles. The molecule has 1 aromatic carbocycles. The van der Waals surface area contributed by atoms with E-state index in [4.69, 9.17) is 5.73 Å². The summed E-state index contributed by atoms with van der Waals surface area (Å²) in [7, 11) is 0. The van der Waals surface area contributed by atoms with E-state index in [-0.39, 0.29) is 0 Å². The molecule has 1 aromatic rings. The van der Waals surface area contributed by atoms with E-state index in [1.165, 1.54) is 16.7 Å². The Labute approximate surface area is 72.9 Å². The monoisotopic (exact) mass is 159 g/mol. The first kappa shape index (κ1) is 7.41. The summed E-state index contributed by atoms with van der Waals surface area (Å²) < 4.78 is 0. The van der Waals surface area contributed by atoms with Crippen molar-refractivity contribution in [3.8, 4) is 0 Å². The fourth-order valence-corrected chi connectivity index (χ4v) is 1.84. The van der Waals surface area contributed by atoms with E-state index in [9.17, 15) is 0 Å². The van der Waals surface area contributed by atoms with E-state index >= 15 is 0 Å². The van der Waals surface area contributed by atoms with Gasteiger partial charge in [0.05, 0.1) is 0 Å².